The first-order chi connectivity index (χ1) is 7.84. The zero-order chi connectivity index (χ0) is 11.0. The highest BCUT2D eigenvalue weighted by Gasteiger charge is 2.26. The number of hydrogen-bond acceptors (Lipinski definition) is 1. The van der Waals surface area contributed by atoms with E-state index in [0.717, 1.165) is 19.6 Å². The summed E-state index contributed by atoms with van der Waals surface area (Å²) < 4.78 is 5.41. The van der Waals surface area contributed by atoms with Crippen LogP contribution in [0.2, 0.25) is 0 Å². The fourth-order valence-corrected chi connectivity index (χ4v) is 3.15. The van der Waals surface area contributed by atoms with E-state index in [4.69, 9.17) is 16.3 Å². The van der Waals surface area contributed by atoms with Gasteiger partial charge in [0.25, 0.3) is 0 Å². The maximum absolute atomic E-state index is 6.53. The third kappa shape index (κ3) is 1.87. The van der Waals surface area contributed by atoms with Crippen molar-refractivity contribution < 1.29 is 4.74 Å². The average molecular weight is 237 g/mol. The van der Waals surface area contributed by atoms with Gasteiger partial charge in [0, 0.05) is 12.5 Å². The van der Waals surface area contributed by atoms with Crippen molar-refractivity contribution in [1.82, 2.24) is 0 Å². The molecular formula is C14H17ClO. The predicted octanol–water partition coefficient (Wildman–Crippen LogP) is 3.49. The van der Waals surface area contributed by atoms with Gasteiger partial charge in [-0.15, -0.1) is 11.6 Å². The lowest BCUT2D eigenvalue weighted by molar-refractivity contribution is 0.185. The third-order valence-corrected chi connectivity index (χ3v) is 4.43. The molecule has 2 unspecified atom stereocenters. The fourth-order valence-electron chi connectivity index (χ4n) is 2.82. The maximum atomic E-state index is 6.53. The minimum atomic E-state index is 0.133. The molecule has 86 valence electrons. The normalized spacial score (nSPS) is 25.7. The number of hydrogen-bond donors (Lipinski definition) is 0. The second-order valence-electron chi connectivity index (χ2n) is 4.91. The average Bonchev–Trinajstić information content (AvgIpc) is 2.98. The van der Waals surface area contributed by atoms with E-state index in [1.807, 2.05) is 0 Å². The van der Waals surface area contributed by atoms with Crippen LogP contribution in [0.25, 0.3) is 0 Å². The Bertz CT molecular complexity index is 382. The van der Waals surface area contributed by atoms with Crippen LogP contribution < -0.4 is 0 Å². The monoisotopic (exact) mass is 236 g/mol. The zero-order valence-electron chi connectivity index (χ0n) is 9.42. The second-order valence-corrected chi connectivity index (χ2v) is 5.38. The Morgan fingerprint density at radius 1 is 1.25 bits per heavy atom. The van der Waals surface area contributed by atoms with Crippen molar-refractivity contribution in [2.75, 3.05) is 13.2 Å². The third-order valence-electron chi connectivity index (χ3n) is 3.82. The van der Waals surface area contributed by atoms with E-state index in [2.05, 4.69) is 18.2 Å². The van der Waals surface area contributed by atoms with E-state index in [9.17, 15) is 0 Å². The number of aryl methyl sites for hydroxylation is 2. The Labute approximate surface area is 102 Å². The molecule has 0 aromatic heterocycles. The van der Waals surface area contributed by atoms with Crippen LogP contribution in [0, 0.1) is 5.92 Å². The lowest BCUT2D eigenvalue weighted by Gasteiger charge is -2.16. The minimum absolute atomic E-state index is 0.133. The van der Waals surface area contributed by atoms with Crippen molar-refractivity contribution >= 4 is 11.6 Å². The summed E-state index contributed by atoms with van der Waals surface area (Å²) in [6.45, 7) is 1.70. The van der Waals surface area contributed by atoms with Crippen LogP contribution in [0.5, 0.6) is 0 Å². The topological polar surface area (TPSA) is 9.23 Å². The molecule has 16 heavy (non-hydrogen) atoms. The van der Waals surface area contributed by atoms with Crippen LogP contribution in [0.3, 0.4) is 0 Å². The van der Waals surface area contributed by atoms with Gasteiger partial charge < -0.3 is 4.74 Å². The Hall–Kier alpha value is -0.530. The van der Waals surface area contributed by atoms with Gasteiger partial charge >= 0.3 is 0 Å². The molecule has 2 heteroatoms. The maximum Gasteiger partial charge on any atom is 0.0636 e. The molecule has 2 atom stereocenters. The molecule has 0 amide bonds. The van der Waals surface area contributed by atoms with E-state index < -0.39 is 0 Å². The van der Waals surface area contributed by atoms with Gasteiger partial charge in [-0.2, -0.15) is 0 Å². The van der Waals surface area contributed by atoms with Crippen LogP contribution in [-0.4, -0.2) is 13.2 Å². The van der Waals surface area contributed by atoms with Gasteiger partial charge in [0.05, 0.1) is 12.0 Å². The first kappa shape index (κ1) is 10.6. The van der Waals surface area contributed by atoms with Crippen molar-refractivity contribution in [3.8, 4) is 0 Å². The molecule has 1 aliphatic heterocycles. The Morgan fingerprint density at radius 2 is 2.12 bits per heavy atom. The van der Waals surface area contributed by atoms with E-state index in [1.165, 1.54) is 36.0 Å². The summed E-state index contributed by atoms with van der Waals surface area (Å²) in [5.74, 6) is 0.501. The smallest absolute Gasteiger partial charge is 0.0636 e. The molecule has 0 spiro atoms. The largest absolute Gasteiger partial charge is 0.381 e. The number of ether oxygens (including phenoxy) is 1. The summed E-state index contributed by atoms with van der Waals surface area (Å²) in [7, 11) is 0. The van der Waals surface area contributed by atoms with Gasteiger partial charge in [0.2, 0.25) is 0 Å². The predicted molar refractivity (Wildman–Crippen MR) is 66.0 cm³/mol. The van der Waals surface area contributed by atoms with E-state index >= 15 is 0 Å². The molecule has 3 rings (SSSR count). The molecule has 1 heterocycles. The molecule has 1 aromatic rings. The van der Waals surface area contributed by atoms with Gasteiger partial charge in [0.15, 0.2) is 0 Å². The number of halogens is 1. The fraction of sp³-hybridized carbons (Fsp3) is 0.571. The van der Waals surface area contributed by atoms with Crippen molar-refractivity contribution in [3.05, 3.63) is 34.9 Å². The van der Waals surface area contributed by atoms with E-state index in [-0.39, 0.29) is 5.38 Å². The molecule has 0 radical (unpaired) electrons. The first-order valence-electron chi connectivity index (χ1n) is 6.18. The van der Waals surface area contributed by atoms with Gasteiger partial charge in [-0.1, -0.05) is 18.2 Å². The summed E-state index contributed by atoms with van der Waals surface area (Å²) in [5, 5.41) is 0.133. The van der Waals surface area contributed by atoms with E-state index in [1.54, 1.807) is 0 Å². The lowest BCUT2D eigenvalue weighted by atomic mass is 9.95. The summed E-state index contributed by atoms with van der Waals surface area (Å²) in [5.41, 5.74) is 4.33. The van der Waals surface area contributed by atoms with Crippen LogP contribution in [0.15, 0.2) is 18.2 Å². The molecule has 0 bridgehead atoms. The van der Waals surface area contributed by atoms with E-state index in [0.29, 0.717) is 5.92 Å². The van der Waals surface area contributed by atoms with Gasteiger partial charge in [-0.05, 0) is 42.4 Å². The van der Waals surface area contributed by atoms with Crippen molar-refractivity contribution in [3.63, 3.8) is 0 Å². The molecule has 0 N–H and O–H groups in total. The van der Waals surface area contributed by atoms with Crippen LogP contribution in [-0.2, 0) is 17.6 Å². The number of rotatable bonds is 2. The quantitative estimate of drug-likeness (QED) is 0.715. The van der Waals surface area contributed by atoms with Crippen LogP contribution >= 0.6 is 11.6 Å². The first-order valence-corrected chi connectivity index (χ1v) is 6.62. The molecule has 0 saturated carbocycles. The van der Waals surface area contributed by atoms with Crippen LogP contribution in [0.4, 0.5) is 0 Å². The van der Waals surface area contributed by atoms with Gasteiger partial charge in [-0.3, -0.25) is 0 Å². The number of benzene rings is 1. The lowest BCUT2D eigenvalue weighted by Crippen LogP contribution is -2.08. The molecule has 1 fully saturated rings. The molecule has 1 nitrogen and oxygen atoms in total. The van der Waals surface area contributed by atoms with Gasteiger partial charge in [0.1, 0.15) is 0 Å². The Morgan fingerprint density at radius 3 is 2.94 bits per heavy atom. The SMILES string of the molecule is ClC(c1ccc2c(c1)CCC2)C1CCOC1. The molecule has 1 saturated heterocycles. The molecule has 1 aromatic carbocycles. The Kier molecular flexibility index (Phi) is 2.91. The summed E-state index contributed by atoms with van der Waals surface area (Å²) in [4.78, 5) is 0. The molecular weight excluding hydrogens is 220 g/mol. The molecule has 1 aliphatic carbocycles. The Balaban J connectivity index is 1.83. The number of alkyl halides is 1. The van der Waals surface area contributed by atoms with Crippen LogP contribution in [0.1, 0.15) is 34.9 Å². The minimum Gasteiger partial charge on any atom is -0.381 e. The molecule has 2 aliphatic rings. The number of fused-ring (bicyclic) bond motifs is 1. The van der Waals surface area contributed by atoms with Crippen molar-refractivity contribution in [2.45, 2.75) is 31.1 Å². The summed E-state index contributed by atoms with van der Waals surface area (Å²) in [6, 6.07) is 6.79. The summed E-state index contributed by atoms with van der Waals surface area (Å²) in [6.07, 6.45) is 4.88. The highest BCUT2D eigenvalue weighted by molar-refractivity contribution is 6.21. The highest BCUT2D eigenvalue weighted by atomic mass is 35.5. The van der Waals surface area contributed by atoms with Gasteiger partial charge in [-0.25, -0.2) is 0 Å². The van der Waals surface area contributed by atoms with Crippen molar-refractivity contribution in [2.24, 2.45) is 5.92 Å². The standard InChI is InChI=1S/C14H17ClO/c15-14(13-6-7-16-9-13)12-5-4-10-2-1-3-11(10)8-12/h4-5,8,13-14H,1-3,6-7,9H2. The van der Waals surface area contributed by atoms with Crippen molar-refractivity contribution in [1.29, 1.82) is 0 Å². The second kappa shape index (κ2) is 4.38. The summed E-state index contributed by atoms with van der Waals surface area (Å²) >= 11 is 6.53. The highest BCUT2D eigenvalue weighted by Crippen LogP contribution is 2.36. The zero-order valence-corrected chi connectivity index (χ0v) is 10.2.